The largest absolute Gasteiger partial charge is 0.447 e. The molecule has 0 aromatic carbocycles. The fourth-order valence-electron chi connectivity index (χ4n) is 2.43. The van der Waals surface area contributed by atoms with Gasteiger partial charge in [0.25, 0.3) is 10.0 Å². The van der Waals surface area contributed by atoms with E-state index < -0.39 is 10.0 Å². The van der Waals surface area contributed by atoms with Gasteiger partial charge in [-0.2, -0.15) is 0 Å². The summed E-state index contributed by atoms with van der Waals surface area (Å²) in [4.78, 5) is 0. The summed E-state index contributed by atoms with van der Waals surface area (Å²) in [5.41, 5.74) is 5.39. The Morgan fingerprint density at radius 2 is 2.22 bits per heavy atom. The molecule has 3 N–H and O–H groups in total. The van der Waals surface area contributed by atoms with E-state index >= 15 is 0 Å². The van der Waals surface area contributed by atoms with Crippen LogP contribution in [0.1, 0.15) is 31.9 Å². The van der Waals surface area contributed by atoms with E-state index in [4.69, 9.17) is 10.2 Å². The SMILES string of the molecule is CC1CCCC1CNS(=O)(=O)c1ccc(CN)o1. The predicted octanol–water partition coefficient (Wildman–Crippen LogP) is 1.45. The first kappa shape index (κ1) is 13.6. The van der Waals surface area contributed by atoms with Crippen LogP contribution in [0.25, 0.3) is 0 Å². The molecule has 0 bridgehead atoms. The maximum atomic E-state index is 12.0. The van der Waals surface area contributed by atoms with E-state index in [9.17, 15) is 8.42 Å². The monoisotopic (exact) mass is 272 g/mol. The van der Waals surface area contributed by atoms with Gasteiger partial charge in [0.2, 0.25) is 5.09 Å². The number of rotatable bonds is 5. The molecule has 18 heavy (non-hydrogen) atoms. The minimum atomic E-state index is -3.53. The van der Waals surface area contributed by atoms with Crippen LogP contribution < -0.4 is 10.5 Å². The molecule has 1 aromatic heterocycles. The van der Waals surface area contributed by atoms with Crippen LogP contribution in [-0.4, -0.2) is 15.0 Å². The van der Waals surface area contributed by atoms with Crippen LogP contribution in [0.3, 0.4) is 0 Å². The van der Waals surface area contributed by atoms with E-state index in [0.717, 1.165) is 6.42 Å². The Hall–Kier alpha value is -0.850. The second-order valence-corrected chi connectivity index (χ2v) is 6.64. The molecule has 102 valence electrons. The van der Waals surface area contributed by atoms with Crippen molar-refractivity contribution < 1.29 is 12.8 Å². The van der Waals surface area contributed by atoms with E-state index in [1.54, 1.807) is 6.07 Å². The molecule has 0 radical (unpaired) electrons. The lowest BCUT2D eigenvalue weighted by molar-refractivity contribution is 0.396. The molecular weight excluding hydrogens is 252 g/mol. The van der Waals surface area contributed by atoms with Gasteiger partial charge in [0, 0.05) is 6.54 Å². The lowest BCUT2D eigenvalue weighted by atomic mass is 9.99. The Bertz CT molecular complexity index is 495. The third-order valence-electron chi connectivity index (χ3n) is 3.68. The molecule has 1 aromatic rings. The van der Waals surface area contributed by atoms with Crippen molar-refractivity contribution in [2.24, 2.45) is 17.6 Å². The number of hydrogen-bond acceptors (Lipinski definition) is 4. The molecule has 1 aliphatic carbocycles. The Morgan fingerprint density at radius 1 is 1.44 bits per heavy atom. The molecule has 2 unspecified atom stereocenters. The van der Waals surface area contributed by atoms with Gasteiger partial charge in [-0.05, 0) is 30.4 Å². The molecule has 0 aliphatic heterocycles. The molecule has 0 amide bonds. The van der Waals surface area contributed by atoms with Crippen LogP contribution in [0.5, 0.6) is 0 Å². The number of hydrogen-bond donors (Lipinski definition) is 2. The maximum absolute atomic E-state index is 12.0. The molecule has 6 heteroatoms. The van der Waals surface area contributed by atoms with Crippen LogP contribution in [0, 0.1) is 11.8 Å². The van der Waals surface area contributed by atoms with Gasteiger partial charge in [-0.3, -0.25) is 0 Å². The van der Waals surface area contributed by atoms with E-state index in [1.165, 1.54) is 18.9 Å². The second-order valence-electron chi connectivity index (χ2n) is 4.95. The molecule has 1 saturated carbocycles. The standard InChI is InChI=1S/C12H20N2O3S/c1-9-3-2-4-10(9)8-14-18(15,16)12-6-5-11(7-13)17-12/h5-6,9-10,14H,2-4,7-8,13H2,1H3. The fraction of sp³-hybridized carbons (Fsp3) is 0.667. The Kier molecular flexibility index (Phi) is 4.09. The summed E-state index contributed by atoms with van der Waals surface area (Å²) in [6.07, 6.45) is 3.46. The first-order valence-corrected chi connectivity index (χ1v) is 7.79. The van der Waals surface area contributed by atoms with Gasteiger partial charge >= 0.3 is 0 Å². The third kappa shape index (κ3) is 2.93. The third-order valence-corrected chi connectivity index (χ3v) is 4.97. The number of sulfonamides is 1. The fourth-order valence-corrected chi connectivity index (χ4v) is 3.47. The van der Waals surface area contributed by atoms with Gasteiger partial charge in [0.1, 0.15) is 5.76 Å². The Morgan fingerprint density at radius 3 is 2.78 bits per heavy atom. The molecule has 2 rings (SSSR count). The highest BCUT2D eigenvalue weighted by molar-refractivity contribution is 7.89. The van der Waals surface area contributed by atoms with E-state index in [2.05, 4.69) is 11.6 Å². The molecule has 1 aliphatic rings. The van der Waals surface area contributed by atoms with Crippen molar-refractivity contribution in [3.05, 3.63) is 17.9 Å². The summed E-state index contributed by atoms with van der Waals surface area (Å²) in [6.45, 7) is 2.86. The van der Waals surface area contributed by atoms with Gasteiger partial charge in [-0.1, -0.05) is 19.8 Å². The van der Waals surface area contributed by atoms with Crippen molar-refractivity contribution in [3.63, 3.8) is 0 Å². The van der Waals surface area contributed by atoms with Gasteiger partial charge < -0.3 is 10.2 Å². The predicted molar refractivity (Wildman–Crippen MR) is 68.3 cm³/mol. The molecule has 0 saturated heterocycles. The number of nitrogens with one attached hydrogen (secondary N) is 1. The molecule has 1 heterocycles. The first-order chi connectivity index (χ1) is 8.53. The minimum absolute atomic E-state index is 0.0476. The smallest absolute Gasteiger partial charge is 0.273 e. The molecule has 5 nitrogen and oxygen atoms in total. The van der Waals surface area contributed by atoms with Crippen LogP contribution in [0.2, 0.25) is 0 Å². The average Bonchev–Trinajstić information content (AvgIpc) is 2.95. The van der Waals surface area contributed by atoms with Crippen molar-refractivity contribution in [3.8, 4) is 0 Å². The van der Waals surface area contributed by atoms with Gasteiger partial charge in [0.15, 0.2) is 0 Å². The number of furan rings is 1. The van der Waals surface area contributed by atoms with Crippen LogP contribution >= 0.6 is 0 Å². The van der Waals surface area contributed by atoms with Crippen molar-refractivity contribution in [1.82, 2.24) is 4.72 Å². The van der Waals surface area contributed by atoms with Crippen LogP contribution in [-0.2, 0) is 16.6 Å². The molecule has 0 spiro atoms. The quantitative estimate of drug-likeness (QED) is 0.849. The highest BCUT2D eigenvalue weighted by Gasteiger charge is 2.26. The molecule has 2 atom stereocenters. The van der Waals surface area contributed by atoms with Gasteiger partial charge in [0.05, 0.1) is 6.54 Å². The van der Waals surface area contributed by atoms with E-state index in [1.807, 2.05) is 0 Å². The zero-order chi connectivity index (χ0) is 13.2. The Balaban J connectivity index is 1.98. The summed E-state index contributed by atoms with van der Waals surface area (Å²) in [5, 5.41) is -0.0476. The normalized spacial score (nSPS) is 24.6. The first-order valence-electron chi connectivity index (χ1n) is 6.31. The van der Waals surface area contributed by atoms with Crippen LogP contribution in [0.15, 0.2) is 21.6 Å². The molecule has 1 fully saturated rings. The molecular formula is C12H20N2O3S. The zero-order valence-electron chi connectivity index (χ0n) is 10.6. The van der Waals surface area contributed by atoms with Crippen molar-refractivity contribution in [2.75, 3.05) is 6.54 Å². The van der Waals surface area contributed by atoms with Crippen molar-refractivity contribution in [1.29, 1.82) is 0 Å². The summed E-state index contributed by atoms with van der Waals surface area (Å²) in [7, 11) is -3.53. The number of nitrogens with two attached hydrogens (primary N) is 1. The van der Waals surface area contributed by atoms with E-state index in [-0.39, 0.29) is 11.6 Å². The van der Waals surface area contributed by atoms with Gasteiger partial charge in [-0.15, -0.1) is 0 Å². The maximum Gasteiger partial charge on any atom is 0.273 e. The lowest BCUT2D eigenvalue weighted by Gasteiger charge is -2.15. The average molecular weight is 272 g/mol. The highest BCUT2D eigenvalue weighted by Crippen LogP contribution is 2.30. The minimum Gasteiger partial charge on any atom is -0.447 e. The van der Waals surface area contributed by atoms with Crippen LogP contribution in [0.4, 0.5) is 0 Å². The summed E-state index contributed by atoms with van der Waals surface area (Å²) >= 11 is 0. The lowest BCUT2D eigenvalue weighted by Crippen LogP contribution is -2.30. The summed E-state index contributed by atoms with van der Waals surface area (Å²) in [5.74, 6) is 1.50. The Labute approximate surface area is 108 Å². The zero-order valence-corrected chi connectivity index (χ0v) is 11.4. The van der Waals surface area contributed by atoms with Crippen molar-refractivity contribution >= 4 is 10.0 Å². The summed E-state index contributed by atoms with van der Waals surface area (Å²) < 4.78 is 31.7. The van der Waals surface area contributed by atoms with Crippen molar-refractivity contribution in [2.45, 2.75) is 37.8 Å². The second kappa shape index (κ2) is 5.42. The van der Waals surface area contributed by atoms with E-state index in [0.29, 0.717) is 24.1 Å². The summed E-state index contributed by atoms with van der Waals surface area (Å²) in [6, 6.07) is 3.04. The van der Waals surface area contributed by atoms with Gasteiger partial charge in [-0.25, -0.2) is 13.1 Å². The highest BCUT2D eigenvalue weighted by atomic mass is 32.2. The topological polar surface area (TPSA) is 85.3 Å².